The molecule has 1 aromatic rings. The standard InChI is InChI=1S/C14H20N2O2/c1-10-6-5-8-12(11(10)2)15-13-7-3-4-9-14(13)16(17)18/h3-4,7,9-12,15H,5-6,8H2,1-2H3/t10-,11+,12-/m0/s1. The van der Waals surface area contributed by atoms with Gasteiger partial charge in [-0.15, -0.1) is 0 Å². The van der Waals surface area contributed by atoms with Crippen LogP contribution in [0.25, 0.3) is 0 Å². The van der Waals surface area contributed by atoms with Gasteiger partial charge in [-0.05, 0) is 24.3 Å². The zero-order chi connectivity index (χ0) is 13.1. The fourth-order valence-corrected chi connectivity index (χ4v) is 2.74. The number of nitrogens with zero attached hydrogens (tertiary/aromatic N) is 1. The molecule has 1 fully saturated rings. The van der Waals surface area contributed by atoms with Crippen LogP contribution in [0.15, 0.2) is 24.3 Å². The van der Waals surface area contributed by atoms with Crippen LogP contribution in [-0.4, -0.2) is 11.0 Å². The summed E-state index contributed by atoms with van der Waals surface area (Å²) in [5.74, 6) is 1.23. The molecule has 4 heteroatoms. The monoisotopic (exact) mass is 248 g/mol. The molecule has 0 saturated heterocycles. The molecule has 1 N–H and O–H groups in total. The summed E-state index contributed by atoms with van der Waals surface area (Å²) in [6.07, 6.45) is 3.55. The van der Waals surface area contributed by atoms with Crippen molar-refractivity contribution in [1.29, 1.82) is 0 Å². The maximum atomic E-state index is 11.0. The number of rotatable bonds is 3. The number of nitro groups is 1. The molecule has 1 saturated carbocycles. The Labute approximate surface area is 108 Å². The third kappa shape index (κ3) is 2.63. The van der Waals surface area contributed by atoms with E-state index in [1.807, 2.05) is 6.07 Å². The Bertz CT molecular complexity index is 434. The second-order valence-corrected chi connectivity index (χ2v) is 5.29. The Morgan fingerprint density at radius 3 is 2.72 bits per heavy atom. The Hall–Kier alpha value is -1.58. The zero-order valence-corrected chi connectivity index (χ0v) is 10.9. The first-order chi connectivity index (χ1) is 8.59. The van der Waals surface area contributed by atoms with Crippen molar-refractivity contribution in [2.24, 2.45) is 11.8 Å². The van der Waals surface area contributed by atoms with Crippen molar-refractivity contribution in [3.8, 4) is 0 Å². The number of hydrogen-bond donors (Lipinski definition) is 1. The normalized spacial score (nSPS) is 27.8. The second-order valence-electron chi connectivity index (χ2n) is 5.29. The molecule has 3 atom stereocenters. The molecule has 4 nitrogen and oxygen atoms in total. The van der Waals surface area contributed by atoms with E-state index in [9.17, 15) is 10.1 Å². The topological polar surface area (TPSA) is 55.2 Å². The summed E-state index contributed by atoms with van der Waals surface area (Å²) in [6.45, 7) is 4.49. The van der Waals surface area contributed by atoms with Crippen LogP contribution in [0.5, 0.6) is 0 Å². The van der Waals surface area contributed by atoms with E-state index in [1.54, 1.807) is 18.2 Å². The van der Waals surface area contributed by atoms with Gasteiger partial charge in [0.25, 0.3) is 5.69 Å². The van der Waals surface area contributed by atoms with Crippen LogP contribution < -0.4 is 5.32 Å². The van der Waals surface area contributed by atoms with Crippen LogP contribution in [0, 0.1) is 22.0 Å². The van der Waals surface area contributed by atoms with Crippen molar-refractivity contribution in [2.45, 2.75) is 39.2 Å². The molecule has 1 aliphatic rings. The Morgan fingerprint density at radius 2 is 2.00 bits per heavy atom. The Balaban J connectivity index is 2.16. The maximum absolute atomic E-state index is 11.0. The summed E-state index contributed by atoms with van der Waals surface area (Å²) in [6, 6.07) is 7.24. The lowest BCUT2D eigenvalue weighted by atomic mass is 9.78. The minimum atomic E-state index is -0.320. The highest BCUT2D eigenvalue weighted by Crippen LogP contribution is 2.33. The average molecular weight is 248 g/mol. The van der Waals surface area contributed by atoms with Gasteiger partial charge in [-0.1, -0.05) is 38.8 Å². The van der Waals surface area contributed by atoms with Crippen LogP contribution >= 0.6 is 0 Å². The summed E-state index contributed by atoms with van der Waals surface area (Å²) in [4.78, 5) is 10.7. The number of hydrogen-bond acceptors (Lipinski definition) is 3. The number of nitro benzene ring substituents is 1. The molecule has 0 heterocycles. The first kappa shape index (κ1) is 12.9. The van der Waals surface area contributed by atoms with E-state index >= 15 is 0 Å². The van der Waals surface area contributed by atoms with Gasteiger partial charge in [-0.2, -0.15) is 0 Å². The molecule has 0 spiro atoms. The lowest BCUT2D eigenvalue weighted by Gasteiger charge is -2.35. The van der Waals surface area contributed by atoms with Gasteiger partial charge < -0.3 is 5.32 Å². The van der Waals surface area contributed by atoms with Gasteiger partial charge in [0.05, 0.1) is 4.92 Å². The lowest BCUT2D eigenvalue weighted by Crippen LogP contribution is -2.35. The maximum Gasteiger partial charge on any atom is 0.292 e. The molecule has 0 bridgehead atoms. The van der Waals surface area contributed by atoms with E-state index in [0.29, 0.717) is 23.6 Å². The van der Waals surface area contributed by atoms with E-state index in [0.717, 1.165) is 6.42 Å². The second kappa shape index (κ2) is 5.38. The minimum Gasteiger partial charge on any atom is -0.376 e. The molecule has 98 valence electrons. The van der Waals surface area contributed by atoms with Gasteiger partial charge >= 0.3 is 0 Å². The summed E-state index contributed by atoms with van der Waals surface area (Å²) >= 11 is 0. The summed E-state index contributed by atoms with van der Waals surface area (Å²) < 4.78 is 0. The molecule has 18 heavy (non-hydrogen) atoms. The van der Waals surface area contributed by atoms with Crippen molar-refractivity contribution in [3.63, 3.8) is 0 Å². The van der Waals surface area contributed by atoms with Gasteiger partial charge in [0, 0.05) is 12.1 Å². The van der Waals surface area contributed by atoms with Crippen molar-refractivity contribution < 1.29 is 4.92 Å². The van der Waals surface area contributed by atoms with Crippen molar-refractivity contribution in [2.75, 3.05) is 5.32 Å². The smallest absolute Gasteiger partial charge is 0.292 e. The first-order valence-corrected chi connectivity index (χ1v) is 6.59. The van der Waals surface area contributed by atoms with Crippen molar-refractivity contribution in [3.05, 3.63) is 34.4 Å². The number of nitrogens with one attached hydrogen (secondary N) is 1. The van der Waals surface area contributed by atoms with Gasteiger partial charge in [0.15, 0.2) is 0 Å². The molecule has 0 aliphatic heterocycles. The molecule has 0 aromatic heterocycles. The fourth-order valence-electron chi connectivity index (χ4n) is 2.74. The predicted molar refractivity (Wildman–Crippen MR) is 72.7 cm³/mol. The fraction of sp³-hybridized carbons (Fsp3) is 0.571. The van der Waals surface area contributed by atoms with E-state index in [4.69, 9.17) is 0 Å². The summed E-state index contributed by atoms with van der Waals surface area (Å²) in [5.41, 5.74) is 0.816. The molecular formula is C14H20N2O2. The molecule has 1 aliphatic carbocycles. The number of anilines is 1. The Kier molecular flexibility index (Phi) is 3.84. The third-order valence-electron chi connectivity index (χ3n) is 4.15. The highest BCUT2D eigenvalue weighted by atomic mass is 16.6. The van der Waals surface area contributed by atoms with E-state index < -0.39 is 0 Å². The summed E-state index contributed by atoms with van der Waals surface area (Å²) in [7, 11) is 0. The molecule has 0 radical (unpaired) electrons. The molecule has 0 unspecified atom stereocenters. The molecule has 0 amide bonds. The summed E-state index contributed by atoms with van der Waals surface area (Å²) in [5, 5.41) is 14.3. The van der Waals surface area contributed by atoms with Crippen LogP contribution in [-0.2, 0) is 0 Å². The van der Waals surface area contributed by atoms with Gasteiger partial charge in [-0.25, -0.2) is 0 Å². The van der Waals surface area contributed by atoms with Crippen LogP contribution in [0.3, 0.4) is 0 Å². The predicted octanol–water partition coefficient (Wildman–Crippen LogP) is 3.83. The number of benzene rings is 1. The number of para-hydroxylation sites is 2. The van der Waals surface area contributed by atoms with Crippen molar-refractivity contribution >= 4 is 11.4 Å². The highest BCUT2D eigenvalue weighted by Gasteiger charge is 2.28. The Morgan fingerprint density at radius 1 is 1.28 bits per heavy atom. The van der Waals surface area contributed by atoms with Crippen LogP contribution in [0.4, 0.5) is 11.4 Å². The van der Waals surface area contributed by atoms with Crippen LogP contribution in [0.1, 0.15) is 33.1 Å². The van der Waals surface area contributed by atoms with Gasteiger partial charge in [0.2, 0.25) is 0 Å². The van der Waals surface area contributed by atoms with E-state index in [1.165, 1.54) is 12.8 Å². The van der Waals surface area contributed by atoms with E-state index in [-0.39, 0.29) is 10.6 Å². The molecular weight excluding hydrogens is 228 g/mol. The van der Waals surface area contributed by atoms with Gasteiger partial charge in [0.1, 0.15) is 5.69 Å². The quantitative estimate of drug-likeness (QED) is 0.653. The zero-order valence-electron chi connectivity index (χ0n) is 10.9. The molecule has 2 rings (SSSR count). The largest absolute Gasteiger partial charge is 0.376 e. The SMILES string of the molecule is C[C@H]1[C@@H](Nc2ccccc2[N+](=O)[O-])CCC[C@@H]1C. The molecule has 1 aromatic carbocycles. The van der Waals surface area contributed by atoms with Crippen LogP contribution in [0.2, 0.25) is 0 Å². The first-order valence-electron chi connectivity index (χ1n) is 6.59. The van der Waals surface area contributed by atoms with Gasteiger partial charge in [-0.3, -0.25) is 10.1 Å². The lowest BCUT2D eigenvalue weighted by molar-refractivity contribution is -0.384. The third-order valence-corrected chi connectivity index (χ3v) is 4.15. The minimum absolute atomic E-state index is 0.169. The average Bonchev–Trinajstić information content (AvgIpc) is 2.35. The van der Waals surface area contributed by atoms with Crippen molar-refractivity contribution in [1.82, 2.24) is 0 Å². The van der Waals surface area contributed by atoms with E-state index in [2.05, 4.69) is 19.2 Å². The highest BCUT2D eigenvalue weighted by molar-refractivity contribution is 5.61.